The lowest BCUT2D eigenvalue weighted by atomic mass is 10.2. The van der Waals surface area contributed by atoms with Crippen molar-refractivity contribution in [1.82, 2.24) is 4.31 Å². The Bertz CT molecular complexity index is 615. The van der Waals surface area contributed by atoms with Crippen LogP contribution in [0.3, 0.4) is 0 Å². The highest BCUT2D eigenvalue weighted by Crippen LogP contribution is 2.27. The zero-order chi connectivity index (χ0) is 13.9. The van der Waals surface area contributed by atoms with Crippen LogP contribution in [-0.2, 0) is 10.0 Å². The molecule has 0 unspecified atom stereocenters. The molecule has 0 saturated heterocycles. The largest absolute Gasteiger partial charge is 0.244 e. The van der Waals surface area contributed by atoms with Gasteiger partial charge in [-0.15, -0.1) is 6.42 Å². The summed E-state index contributed by atoms with van der Waals surface area (Å²) in [5.74, 6) is 2.42. The van der Waals surface area contributed by atoms with Gasteiger partial charge in [-0.3, -0.25) is 0 Å². The molecule has 0 atom stereocenters. The van der Waals surface area contributed by atoms with Crippen LogP contribution in [0.25, 0.3) is 0 Å². The Kier molecular flexibility index (Phi) is 4.08. The smallest absolute Gasteiger partial charge is 0.207 e. The predicted octanol–water partition coefficient (Wildman–Crippen LogP) is 2.34. The van der Waals surface area contributed by atoms with Crippen LogP contribution in [0.2, 0.25) is 0 Å². The van der Waals surface area contributed by atoms with Crippen molar-refractivity contribution in [3.8, 4) is 12.3 Å². The van der Waals surface area contributed by atoms with Crippen LogP contribution in [0.4, 0.5) is 0 Å². The number of hydrogen-bond acceptors (Lipinski definition) is 2. The van der Waals surface area contributed by atoms with Crippen LogP contribution in [0.5, 0.6) is 0 Å². The molecule has 4 heteroatoms. The second-order valence-corrected chi connectivity index (χ2v) is 6.62. The number of rotatable bonds is 5. The monoisotopic (exact) mass is 275 g/mol. The van der Waals surface area contributed by atoms with Crippen molar-refractivity contribution in [2.45, 2.75) is 24.7 Å². The molecule has 100 valence electrons. The summed E-state index contributed by atoms with van der Waals surface area (Å²) in [6.45, 7) is 2.38. The number of nitrogens with zero attached hydrogens (tertiary/aromatic N) is 1. The number of terminal acetylenes is 1. The number of benzene rings is 1. The van der Waals surface area contributed by atoms with Gasteiger partial charge < -0.3 is 0 Å². The fraction of sp³-hybridized carbons (Fsp3) is 0.333. The second-order valence-electron chi connectivity index (χ2n) is 4.68. The Hall–Kier alpha value is -1.57. The molecule has 1 fully saturated rings. The van der Waals surface area contributed by atoms with E-state index in [1.165, 1.54) is 9.88 Å². The highest BCUT2D eigenvalue weighted by atomic mass is 32.2. The van der Waals surface area contributed by atoms with E-state index in [-0.39, 0.29) is 6.54 Å². The number of aryl methyl sites for hydroxylation is 1. The van der Waals surface area contributed by atoms with Crippen LogP contribution in [0.1, 0.15) is 18.4 Å². The van der Waals surface area contributed by atoms with Gasteiger partial charge in [0.25, 0.3) is 0 Å². The molecule has 1 saturated carbocycles. The molecule has 1 aromatic carbocycles. The fourth-order valence-electron chi connectivity index (χ4n) is 1.72. The third-order valence-electron chi connectivity index (χ3n) is 3.05. The lowest BCUT2D eigenvalue weighted by Gasteiger charge is -2.18. The molecule has 1 aliphatic carbocycles. The highest BCUT2D eigenvalue weighted by molar-refractivity contribution is 7.89. The van der Waals surface area contributed by atoms with Gasteiger partial charge in [0.1, 0.15) is 0 Å². The van der Waals surface area contributed by atoms with E-state index in [1.807, 2.05) is 13.0 Å². The quantitative estimate of drug-likeness (QED) is 0.611. The standard InChI is InChI=1S/C15H17NO2S/c1-3-11-16(12-10-14-6-7-14)19(17,18)15-8-4-13(2)5-9-15/h1,4-5,8-10H,6-7,11-12H2,2H3. The fourth-order valence-corrected chi connectivity index (χ4v) is 3.01. The van der Waals surface area contributed by atoms with Crippen LogP contribution >= 0.6 is 0 Å². The van der Waals surface area contributed by atoms with E-state index in [1.54, 1.807) is 24.3 Å². The predicted molar refractivity (Wildman–Crippen MR) is 76.1 cm³/mol. The lowest BCUT2D eigenvalue weighted by Crippen LogP contribution is -2.31. The molecule has 0 aromatic heterocycles. The van der Waals surface area contributed by atoms with Crippen LogP contribution in [-0.4, -0.2) is 25.8 Å². The number of allylic oxidation sites excluding steroid dienone is 1. The molecule has 0 spiro atoms. The molecule has 0 bridgehead atoms. The van der Waals surface area contributed by atoms with Crippen molar-refractivity contribution < 1.29 is 8.42 Å². The summed E-state index contributed by atoms with van der Waals surface area (Å²) in [5.41, 5.74) is 2.34. The van der Waals surface area contributed by atoms with Crippen molar-refractivity contribution >= 4 is 10.0 Å². The van der Waals surface area contributed by atoms with Gasteiger partial charge in [0.2, 0.25) is 10.0 Å². The summed E-state index contributed by atoms with van der Waals surface area (Å²) >= 11 is 0. The summed E-state index contributed by atoms with van der Waals surface area (Å²) < 4.78 is 26.3. The normalized spacial score (nSPS) is 14.3. The summed E-state index contributed by atoms with van der Waals surface area (Å²) in [7, 11) is -3.50. The minimum atomic E-state index is -3.50. The van der Waals surface area contributed by atoms with Gasteiger partial charge in [-0.1, -0.05) is 35.3 Å². The Labute approximate surface area is 115 Å². The Morgan fingerprint density at radius 3 is 2.47 bits per heavy atom. The van der Waals surface area contributed by atoms with E-state index in [0.717, 1.165) is 18.4 Å². The van der Waals surface area contributed by atoms with Crippen molar-refractivity contribution in [2.75, 3.05) is 13.1 Å². The molecular weight excluding hydrogens is 258 g/mol. The van der Waals surface area contributed by atoms with E-state index in [4.69, 9.17) is 6.42 Å². The van der Waals surface area contributed by atoms with Crippen LogP contribution < -0.4 is 0 Å². The first-order valence-electron chi connectivity index (χ1n) is 6.22. The maximum atomic E-state index is 12.5. The zero-order valence-corrected chi connectivity index (χ0v) is 11.8. The van der Waals surface area contributed by atoms with E-state index in [2.05, 4.69) is 5.92 Å². The molecule has 0 radical (unpaired) electrons. The molecule has 0 N–H and O–H groups in total. The van der Waals surface area contributed by atoms with Gasteiger partial charge in [0, 0.05) is 6.54 Å². The van der Waals surface area contributed by atoms with Gasteiger partial charge in [-0.25, -0.2) is 8.42 Å². The SMILES string of the molecule is C#CCN(CC=C1CC1)S(=O)(=O)c1ccc(C)cc1. The summed E-state index contributed by atoms with van der Waals surface area (Å²) in [4.78, 5) is 0.294. The number of hydrogen-bond donors (Lipinski definition) is 0. The van der Waals surface area contributed by atoms with Gasteiger partial charge >= 0.3 is 0 Å². The van der Waals surface area contributed by atoms with Gasteiger partial charge in [0.05, 0.1) is 11.4 Å². The first-order valence-corrected chi connectivity index (χ1v) is 7.66. The number of sulfonamides is 1. The van der Waals surface area contributed by atoms with Crippen LogP contribution in [0, 0.1) is 19.3 Å². The Morgan fingerprint density at radius 1 is 1.32 bits per heavy atom. The Morgan fingerprint density at radius 2 is 1.95 bits per heavy atom. The third kappa shape index (κ3) is 3.46. The molecule has 0 aliphatic heterocycles. The third-order valence-corrected chi connectivity index (χ3v) is 4.87. The molecule has 19 heavy (non-hydrogen) atoms. The van der Waals surface area contributed by atoms with Crippen molar-refractivity contribution in [3.05, 3.63) is 41.5 Å². The van der Waals surface area contributed by atoms with Gasteiger partial charge in [-0.05, 0) is 31.9 Å². The van der Waals surface area contributed by atoms with E-state index < -0.39 is 10.0 Å². The first kappa shape index (κ1) is 13.9. The van der Waals surface area contributed by atoms with E-state index in [9.17, 15) is 8.42 Å². The second kappa shape index (κ2) is 5.60. The maximum absolute atomic E-state index is 12.5. The molecule has 0 amide bonds. The highest BCUT2D eigenvalue weighted by Gasteiger charge is 2.23. The molecule has 1 aliphatic rings. The first-order chi connectivity index (χ1) is 9.04. The topological polar surface area (TPSA) is 37.4 Å². The zero-order valence-electron chi connectivity index (χ0n) is 11.0. The van der Waals surface area contributed by atoms with Gasteiger partial charge in [-0.2, -0.15) is 4.31 Å². The molecule has 2 rings (SSSR count). The minimum Gasteiger partial charge on any atom is -0.207 e. The average molecular weight is 275 g/mol. The van der Waals surface area contributed by atoms with E-state index >= 15 is 0 Å². The molecule has 1 aromatic rings. The van der Waals surface area contributed by atoms with Crippen LogP contribution in [0.15, 0.2) is 40.8 Å². The van der Waals surface area contributed by atoms with Crippen molar-refractivity contribution in [1.29, 1.82) is 0 Å². The summed E-state index contributed by atoms with van der Waals surface area (Å²) in [5, 5.41) is 0. The van der Waals surface area contributed by atoms with Crippen molar-refractivity contribution in [2.24, 2.45) is 0 Å². The summed E-state index contributed by atoms with van der Waals surface area (Å²) in [6.07, 6.45) is 9.39. The minimum absolute atomic E-state index is 0.0972. The lowest BCUT2D eigenvalue weighted by molar-refractivity contribution is 0.478. The van der Waals surface area contributed by atoms with Gasteiger partial charge in [0.15, 0.2) is 0 Å². The Balaban J connectivity index is 2.25. The van der Waals surface area contributed by atoms with E-state index in [0.29, 0.717) is 11.4 Å². The van der Waals surface area contributed by atoms with Crippen molar-refractivity contribution in [3.63, 3.8) is 0 Å². The average Bonchev–Trinajstić information content (AvgIpc) is 3.19. The summed E-state index contributed by atoms with van der Waals surface area (Å²) in [6, 6.07) is 6.83. The maximum Gasteiger partial charge on any atom is 0.244 e. The molecule has 3 nitrogen and oxygen atoms in total. The molecular formula is C15H17NO2S. The molecule has 0 heterocycles.